The topological polar surface area (TPSA) is 35.5 Å². The third-order valence-electron chi connectivity index (χ3n) is 0.786. The molecule has 1 radical (unpaired) electrons. The van der Waals surface area contributed by atoms with Crippen LogP contribution < -0.4 is 0 Å². The molecule has 0 aromatic carbocycles. The molecule has 0 aromatic heterocycles. The number of methoxy groups -OCH3 is 1. The summed E-state index contributed by atoms with van der Waals surface area (Å²) in [5.74, 6) is -0.382. The van der Waals surface area contributed by atoms with Gasteiger partial charge in [-0.05, 0) is 6.92 Å². The Balaban J connectivity index is 3.22. The average molecular weight is 143 g/mol. The van der Waals surface area contributed by atoms with Gasteiger partial charge in [0.1, 0.15) is 6.61 Å². The second-order valence-electron chi connectivity index (χ2n) is 1.56. The first kappa shape index (κ1) is 9.17. The molecule has 0 bridgehead atoms. The van der Waals surface area contributed by atoms with Crippen molar-refractivity contribution in [2.24, 2.45) is 0 Å². The number of ether oxygens (including phenoxy) is 2. The lowest BCUT2D eigenvalue weighted by Crippen LogP contribution is -2.06. The smallest absolute Gasteiger partial charge is 0.330 e. The van der Waals surface area contributed by atoms with Crippen LogP contribution in [0.15, 0.2) is 12.2 Å². The van der Waals surface area contributed by atoms with Crippen molar-refractivity contribution < 1.29 is 14.3 Å². The summed E-state index contributed by atoms with van der Waals surface area (Å²) in [6.45, 7) is 4.06. The fourth-order valence-electron chi connectivity index (χ4n) is 0.370. The molecule has 0 aliphatic rings. The molecule has 0 fully saturated rings. The molecule has 0 saturated carbocycles. The summed E-state index contributed by atoms with van der Waals surface area (Å²) in [5.41, 5.74) is 0. The molecule has 0 saturated heterocycles. The van der Waals surface area contributed by atoms with Gasteiger partial charge in [-0.15, -0.1) is 0 Å². The number of esters is 1. The van der Waals surface area contributed by atoms with E-state index in [4.69, 9.17) is 0 Å². The quantitative estimate of drug-likeness (QED) is 0.328. The Hall–Kier alpha value is -0.830. The van der Waals surface area contributed by atoms with E-state index < -0.39 is 0 Å². The van der Waals surface area contributed by atoms with Gasteiger partial charge in [-0.3, -0.25) is 0 Å². The molecule has 57 valence electrons. The summed E-state index contributed by atoms with van der Waals surface area (Å²) in [5, 5.41) is 0. The highest BCUT2D eigenvalue weighted by Crippen LogP contribution is 1.80. The van der Waals surface area contributed by atoms with Crippen molar-refractivity contribution in [3.8, 4) is 0 Å². The second-order valence-corrected chi connectivity index (χ2v) is 1.56. The summed E-state index contributed by atoms with van der Waals surface area (Å²) < 4.78 is 9.29. The van der Waals surface area contributed by atoms with E-state index in [1.54, 1.807) is 7.11 Å². The number of carbonyl (C=O) groups excluding carboxylic acids is 1. The van der Waals surface area contributed by atoms with Crippen LogP contribution in [-0.4, -0.2) is 26.3 Å². The zero-order chi connectivity index (χ0) is 7.82. The number of carbonyl (C=O) groups is 1. The highest BCUT2D eigenvalue weighted by molar-refractivity contribution is 5.81. The zero-order valence-electron chi connectivity index (χ0n) is 6.00. The van der Waals surface area contributed by atoms with E-state index in [-0.39, 0.29) is 5.97 Å². The maximum atomic E-state index is 10.5. The van der Waals surface area contributed by atoms with Crippen molar-refractivity contribution in [1.82, 2.24) is 0 Å². The minimum Gasteiger partial charge on any atom is -0.460 e. The maximum Gasteiger partial charge on any atom is 0.330 e. The van der Waals surface area contributed by atoms with Crippen LogP contribution in [0.4, 0.5) is 0 Å². The van der Waals surface area contributed by atoms with Crippen molar-refractivity contribution in [1.29, 1.82) is 0 Å². The third-order valence-corrected chi connectivity index (χ3v) is 0.786. The molecule has 0 unspecified atom stereocenters. The number of rotatable bonds is 4. The van der Waals surface area contributed by atoms with E-state index >= 15 is 0 Å². The van der Waals surface area contributed by atoms with E-state index in [0.717, 1.165) is 0 Å². The van der Waals surface area contributed by atoms with Gasteiger partial charge >= 0.3 is 5.97 Å². The monoisotopic (exact) mass is 143 g/mol. The molecule has 3 heteroatoms. The van der Waals surface area contributed by atoms with Crippen LogP contribution in [0, 0.1) is 6.92 Å². The van der Waals surface area contributed by atoms with Gasteiger partial charge in [0.2, 0.25) is 0 Å². The van der Waals surface area contributed by atoms with Gasteiger partial charge in [-0.25, -0.2) is 4.79 Å². The molecule has 0 amide bonds. The molecule has 0 rings (SSSR count). The number of hydrogen-bond donors (Lipinski definition) is 0. The van der Waals surface area contributed by atoms with Gasteiger partial charge < -0.3 is 9.47 Å². The average Bonchev–Trinajstić information content (AvgIpc) is 1.89. The fraction of sp³-hybridized carbons (Fsp3) is 0.429. The Kier molecular flexibility index (Phi) is 5.77. The van der Waals surface area contributed by atoms with Crippen molar-refractivity contribution in [2.75, 3.05) is 20.3 Å². The molecule has 0 heterocycles. The molecule has 0 aromatic rings. The molecule has 0 spiro atoms. The Bertz CT molecular complexity index is 118. The summed E-state index contributed by atoms with van der Waals surface area (Å²) in [4.78, 5) is 10.5. The lowest BCUT2D eigenvalue weighted by molar-refractivity contribution is -0.138. The molecule has 10 heavy (non-hydrogen) atoms. The van der Waals surface area contributed by atoms with Crippen LogP contribution >= 0.6 is 0 Å². The summed E-state index contributed by atoms with van der Waals surface area (Å²) in [6.07, 6.45) is 2.64. The van der Waals surface area contributed by atoms with Crippen molar-refractivity contribution in [3.63, 3.8) is 0 Å². The Morgan fingerprint density at radius 2 is 2.30 bits per heavy atom. The fourth-order valence-corrected chi connectivity index (χ4v) is 0.370. The molecule has 3 nitrogen and oxygen atoms in total. The summed E-state index contributed by atoms with van der Waals surface area (Å²) in [6, 6.07) is 0. The van der Waals surface area contributed by atoms with Gasteiger partial charge in [0.25, 0.3) is 0 Å². The lowest BCUT2D eigenvalue weighted by Gasteiger charge is -1.98. The van der Waals surface area contributed by atoms with E-state index in [2.05, 4.69) is 16.4 Å². The molecule has 0 aliphatic heterocycles. The number of allylic oxidation sites excluding steroid dienone is 1. The van der Waals surface area contributed by atoms with Crippen LogP contribution in [0.3, 0.4) is 0 Å². The van der Waals surface area contributed by atoms with E-state index in [0.29, 0.717) is 13.2 Å². The van der Waals surface area contributed by atoms with Gasteiger partial charge in [0.05, 0.1) is 6.61 Å². The first-order chi connectivity index (χ1) is 4.81. The summed E-state index contributed by atoms with van der Waals surface area (Å²) in [7, 11) is 1.55. The standard InChI is InChI=1S/C7H11O3/c1-3-4-7(8)10-6-5-9-2/h3-4H,1,5-6H2,2H3/b4-3+. The largest absolute Gasteiger partial charge is 0.460 e. The first-order valence-electron chi connectivity index (χ1n) is 2.92. The van der Waals surface area contributed by atoms with Crippen molar-refractivity contribution in [2.45, 2.75) is 0 Å². The van der Waals surface area contributed by atoms with E-state index in [1.165, 1.54) is 12.2 Å². The molecule has 0 aliphatic carbocycles. The highest BCUT2D eigenvalue weighted by Gasteiger charge is 1.92. The third kappa shape index (κ3) is 5.31. The van der Waals surface area contributed by atoms with Crippen molar-refractivity contribution >= 4 is 5.97 Å². The van der Waals surface area contributed by atoms with Gasteiger partial charge in [0, 0.05) is 13.2 Å². The Morgan fingerprint density at radius 1 is 1.60 bits per heavy atom. The zero-order valence-corrected chi connectivity index (χ0v) is 6.00. The van der Waals surface area contributed by atoms with Crippen LogP contribution in [0.1, 0.15) is 0 Å². The van der Waals surface area contributed by atoms with Crippen LogP contribution in [0.2, 0.25) is 0 Å². The molecule has 0 N–H and O–H groups in total. The van der Waals surface area contributed by atoms with Gasteiger partial charge in [-0.1, -0.05) is 6.08 Å². The Morgan fingerprint density at radius 3 is 2.80 bits per heavy atom. The molecular weight excluding hydrogens is 132 g/mol. The minimum absolute atomic E-state index is 0.291. The van der Waals surface area contributed by atoms with E-state index in [1.807, 2.05) is 0 Å². The van der Waals surface area contributed by atoms with Crippen molar-refractivity contribution in [3.05, 3.63) is 19.1 Å². The number of hydrogen-bond acceptors (Lipinski definition) is 3. The highest BCUT2D eigenvalue weighted by atomic mass is 16.6. The van der Waals surface area contributed by atoms with Crippen LogP contribution in [0.25, 0.3) is 0 Å². The second kappa shape index (κ2) is 6.29. The van der Waals surface area contributed by atoms with E-state index in [9.17, 15) is 4.79 Å². The van der Waals surface area contributed by atoms with Crippen LogP contribution in [-0.2, 0) is 14.3 Å². The molecule has 0 atom stereocenters. The van der Waals surface area contributed by atoms with Gasteiger partial charge in [-0.2, -0.15) is 0 Å². The molecular formula is C7H11O3. The SMILES string of the molecule is [CH2]/C=C/C(=O)OCCOC. The predicted molar refractivity (Wildman–Crippen MR) is 37.3 cm³/mol. The van der Waals surface area contributed by atoms with Crippen LogP contribution in [0.5, 0.6) is 0 Å². The lowest BCUT2D eigenvalue weighted by atomic mass is 10.5. The normalized spacial score (nSPS) is 10.2. The predicted octanol–water partition coefficient (Wildman–Crippen LogP) is 0.566. The van der Waals surface area contributed by atoms with Gasteiger partial charge in [0.15, 0.2) is 0 Å². The Labute approximate surface area is 60.6 Å². The summed E-state index contributed by atoms with van der Waals surface area (Å²) >= 11 is 0. The maximum absolute atomic E-state index is 10.5. The minimum atomic E-state index is -0.382. The first-order valence-corrected chi connectivity index (χ1v) is 2.92.